The predicted octanol–water partition coefficient (Wildman–Crippen LogP) is 9.72. The first-order valence-electron chi connectivity index (χ1n) is 16.0. The molecule has 0 spiro atoms. The lowest BCUT2D eigenvalue weighted by Crippen LogP contribution is -2.32. The fourth-order valence-corrected chi connectivity index (χ4v) is 9.12. The fraction of sp³-hybridized carbons (Fsp3) is 0.0952. The number of fused-ring (bicyclic) bond motifs is 11. The Morgan fingerprint density at radius 3 is 2.63 bits per heavy atom. The van der Waals surface area contributed by atoms with E-state index in [1.165, 1.54) is 53.3 Å². The molecule has 0 amide bonds. The zero-order valence-corrected chi connectivity index (χ0v) is 26.0. The van der Waals surface area contributed by atoms with Crippen LogP contribution in [-0.2, 0) is 6.42 Å². The number of nitrogens with zero attached hydrogens (tertiary/aromatic N) is 2. The van der Waals surface area contributed by atoms with E-state index in [-0.39, 0.29) is 6.04 Å². The molecule has 220 valence electrons. The highest BCUT2D eigenvalue weighted by Gasteiger charge is 2.28. The van der Waals surface area contributed by atoms with Crippen molar-refractivity contribution in [1.29, 1.82) is 0 Å². The SMILES string of the molecule is C=C/C=c1\c2n(c3ccc(N(c4ccc5c(c4)oc4ccccc45)C4C=Cc5sc6ccccc6c5C4)cc13)C1CC=CC=C1C=2. The average Bonchev–Trinajstić information content (AvgIpc) is 3.84. The first kappa shape index (κ1) is 26.0. The number of thiophene rings is 1. The van der Waals surface area contributed by atoms with Crippen LogP contribution in [0.5, 0.6) is 0 Å². The summed E-state index contributed by atoms with van der Waals surface area (Å²) in [6, 6.07) is 31.4. The van der Waals surface area contributed by atoms with E-state index in [4.69, 9.17) is 4.42 Å². The third kappa shape index (κ3) is 3.71. The minimum absolute atomic E-state index is 0.135. The van der Waals surface area contributed by atoms with Gasteiger partial charge in [-0.3, -0.25) is 0 Å². The summed E-state index contributed by atoms with van der Waals surface area (Å²) < 4.78 is 10.3. The molecule has 0 radical (unpaired) electrons. The van der Waals surface area contributed by atoms with Gasteiger partial charge in [0.1, 0.15) is 11.2 Å². The van der Waals surface area contributed by atoms with Gasteiger partial charge in [-0.05, 0) is 84.0 Å². The smallest absolute Gasteiger partial charge is 0.137 e. The summed E-state index contributed by atoms with van der Waals surface area (Å²) in [5.74, 6) is 0. The molecule has 0 bridgehead atoms. The molecule has 2 atom stereocenters. The molecule has 3 aromatic heterocycles. The second-order valence-electron chi connectivity index (χ2n) is 12.5. The van der Waals surface area contributed by atoms with Gasteiger partial charge in [0.05, 0.1) is 17.4 Å². The Morgan fingerprint density at radius 1 is 0.870 bits per heavy atom. The van der Waals surface area contributed by atoms with Crippen molar-refractivity contribution < 1.29 is 4.42 Å². The Balaban J connectivity index is 1.18. The number of furan rings is 1. The molecule has 2 aliphatic carbocycles. The second-order valence-corrected chi connectivity index (χ2v) is 13.6. The zero-order chi connectivity index (χ0) is 30.4. The van der Waals surface area contributed by atoms with Crippen molar-refractivity contribution in [2.24, 2.45) is 0 Å². The summed E-state index contributed by atoms with van der Waals surface area (Å²) in [6.07, 6.45) is 19.9. The van der Waals surface area contributed by atoms with Gasteiger partial charge in [-0.15, -0.1) is 11.3 Å². The van der Waals surface area contributed by atoms with Gasteiger partial charge < -0.3 is 13.9 Å². The third-order valence-electron chi connectivity index (χ3n) is 10.00. The van der Waals surface area contributed by atoms with Crippen molar-refractivity contribution in [1.82, 2.24) is 4.57 Å². The van der Waals surface area contributed by atoms with E-state index in [1.54, 1.807) is 0 Å². The Hall–Kier alpha value is -5.32. The Morgan fingerprint density at radius 2 is 1.70 bits per heavy atom. The van der Waals surface area contributed by atoms with E-state index >= 15 is 0 Å². The van der Waals surface area contributed by atoms with Crippen LogP contribution in [0, 0.1) is 0 Å². The molecule has 2 unspecified atom stereocenters. The number of allylic oxidation sites excluding steroid dienone is 5. The van der Waals surface area contributed by atoms with E-state index in [0.717, 1.165) is 40.5 Å². The van der Waals surface area contributed by atoms with Gasteiger partial charge in [0, 0.05) is 53.9 Å². The van der Waals surface area contributed by atoms with Crippen molar-refractivity contribution in [3.63, 3.8) is 0 Å². The van der Waals surface area contributed by atoms with Crippen molar-refractivity contribution in [3.05, 3.63) is 148 Å². The Bertz CT molecular complexity index is 2640. The minimum atomic E-state index is 0.135. The summed E-state index contributed by atoms with van der Waals surface area (Å²) in [5.41, 5.74) is 8.21. The number of anilines is 2. The van der Waals surface area contributed by atoms with Gasteiger partial charge in [0.25, 0.3) is 0 Å². The number of rotatable bonds is 4. The highest BCUT2D eigenvalue weighted by Crippen LogP contribution is 2.42. The minimum Gasteiger partial charge on any atom is -0.456 e. The topological polar surface area (TPSA) is 21.3 Å². The summed E-state index contributed by atoms with van der Waals surface area (Å²) in [7, 11) is 0. The van der Waals surface area contributed by atoms with Crippen LogP contribution >= 0.6 is 11.3 Å². The maximum absolute atomic E-state index is 6.40. The summed E-state index contributed by atoms with van der Waals surface area (Å²) in [4.78, 5) is 3.88. The molecule has 0 saturated carbocycles. The van der Waals surface area contributed by atoms with Crippen molar-refractivity contribution in [3.8, 4) is 0 Å². The van der Waals surface area contributed by atoms with E-state index < -0.39 is 0 Å². The first-order chi connectivity index (χ1) is 22.7. The molecule has 0 saturated heterocycles. The summed E-state index contributed by atoms with van der Waals surface area (Å²) in [5, 5.41) is 7.43. The largest absolute Gasteiger partial charge is 0.456 e. The lowest BCUT2D eigenvalue weighted by atomic mass is 9.95. The van der Waals surface area contributed by atoms with Crippen LogP contribution in [0.1, 0.15) is 22.9 Å². The van der Waals surface area contributed by atoms with Gasteiger partial charge in [0.15, 0.2) is 0 Å². The zero-order valence-electron chi connectivity index (χ0n) is 25.2. The molecule has 0 fully saturated rings. The number of hydrogen-bond donors (Lipinski definition) is 0. The number of hydrogen-bond acceptors (Lipinski definition) is 3. The van der Waals surface area contributed by atoms with Crippen LogP contribution in [0.3, 0.4) is 0 Å². The maximum atomic E-state index is 6.40. The highest BCUT2D eigenvalue weighted by molar-refractivity contribution is 7.20. The number of aromatic nitrogens is 1. The monoisotopic (exact) mass is 610 g/mol. The van der Waals surface area contributed by atoms with Gasteiger partial charge in [-0.2, -0.15) is 0 Å². The Kier molecular flexibility index (Phi) is 5.55. The molecule has 4 aromatic carbocycles. The summed E-state index contributed by atoms with van der Waals surface area (Å²) in [6.45, 7) is 4.09. The molecule has 3 nitrogen and oxygen atoms in total. The van der Waals surface area contributed by atoms with Crippen LogP contribution in [0.25, 0.3) is 61.2 Å². The maximum Gasteiger partial charge on any atom is 0.137 e. The molecule has 4 heterocycles. The molecule has 0 N–H and O–H groups in total. The van der Waals surface area contributed by atoms with Crippen LogP contribution in [0.2, 0.25) is 0 Å². The summed E-state index contributed by atoms with van der Waals surface area (Å²) >= 11 is 1.89. The lowest BCUT2D eigenvalue weighted by molar-refractivity contribution is 0.618. The quantitative estimate of drug-likeness (QED) is 0.198. The van der Waals surface area contributed by atoms with Gasteiger partial charge in [-0.1, -0.05) is 79.4 Å². The van der Waals surface area contributed by atoms with E-state index in [2.05, 4.69) is 137 Å². The first-order valence-corrected chi connectivity index (χ1v) is 16.8. The molecular weight excluding hydrogens is 581 g/mol. The molecule has 4 heteroatoms. The normalized spacial score (nSPS) is 18.6. The predicted molar refractivity (Wildman–Crippen MR) is 195 cm³/mol. The Labute approximate surface area is 270 Å². The molecule has 46 heavy (non-hydrogen) atoms. The second kappa shape index (κ2) is 9.84. The molecule has 7 aromatic rings. The van der Waals surface area contributed by atoms with E-state index in [9.17, 15) is 0 Å². The highest BCUT2D eigenvalue weighted by atomic mass is 32.1. The molecular formula is C42H30N2OS. The van der Waals surface area contributed by atoms with Gasteiger partial charge >= 0.3 is 0 Å². The number of benzene rings is 4. The van der Waals surface area contributed by atoms with Gasteiger partial charge in [0.2, 0.25) is 0 Å². The molecule has 1 aliphatic heterocycles. The van der Waals surface area contributed by atoms with E-state index in [0.29, 0.717) is 6.04 Å². The van der Waals surface area contributed by atoms with Crippen molar-refractivity contribution >= 4 is 83.9 Å². The van der Waals surface area contributed by atoms with Crippen molar-refractivity contribution in [2.75, 3.05) is 4.90 Å². The van der Waals surface area contributed by atoms with Gasteiger partial charge in [-0.25, -0.2) is 0 Å². The standard InChI is InChI=1S/C42H30N2OS/c1-2-9-30-34-23-27(17-20-37(34)44-36-13-6-3-10-26(36)22-38(30)44)43(28-18-21-42-35(24-28)33-12-5-8-15-41(33)46-42)29-16-19-32-31-11-4-7-14-39(31)45-40(32)25-29/h2-12,14-23,25,28,36H,1,13,24H2/b30-9-. The van der Waals surface area contributed by atoms with Crippen LogP contribution in [0.15, 0.2) is 132 Å². The van der Waals surface area contributed by atoms with Crippen LogP contribution in [0.4, 0.5) is 11.4 Å². The van der Waals surface area contributed by atoms with Crippen LogP contribution < -0.4 is 15.5 Å². The fourth-order valence-electron chi connectivity index (χ4n) is 7.98. The lowest BCUT2D eigenvalue weighted by Gasteiger charge is -2.34. The average molecular weight is 611 g/mol. The van der Waals surface area contributed by atoms with E-state index in [1.807, 2.05) is 23.5 Å². The number of para-hydroxylation sites is 1. The molecule has 3 aliphatic rings. The third-order valence-corrected chi connectivity index (χ3v) is 11.2. The van der Waals surface area contributed by atoms with Crippen molar-refractivity contribution in [2.45, 2.75) is 24.9 Å². The van der Waals surface area contributed by atoms with Crippen LogP contribution in [-0.4, -0.2) is 10.6 Å². The molecule has 10 rings (SSSR count).